The SMILES string of the molecule is CCCCC/C=C/C/C=C/CC(CC1OC(=O)C1CCCCCC)OC(=O)C(CC(N)=O)NC(C)=O. The molecule has 8 heteroatoms. The molecule has 1 saturated heterocycles. The lowest BCUT2D eigenvalue weighted by atomic mass is 9.87. The molecule has 1 aliphatic heterocycles. The van der Waals surface area contributed by atoms with E-state index >= 15 is 0 Å². The van der Waals surface area contributed by atoms with Crippen molar-refractivity contribution < 1.29 is 28.7 Å². The van der Waals surface area contributed by atoms with Crippen LogP contribution in [0.25, 0.3) is 0 Å². The molecule has 0 aliphatic carbocycles. The zero-order valence-corrected chi connectivity index (χ0v) is 22.3. The van der Waals surface area contributed by atoms with Crippen LogP contribution in [0, 0.1) is 5.92 Å². The molecule has 3 N–H and O–H groups in total. The van der Waals surface area contributed by atoms with Crippen molar-refractivity contribution in [2.45, 2.75) is 122 Å². The van der Waals surface area contributed by atoms with Crippen LogP contribution in [0.15, 0.2) is 24.3 Å². The molecule has 2 amide bonds. The minimum absolute atomic E-state index is 0.185. The zero-order chi connectivity index (χ0) is 26.8. The summed E-state index contributed by atoms with van der Waals surface area (Å²) in [5.74, 6) is -2.28. The molecular formula is C28H46N2O6. The molecule has 204 valence electrons. The van der Waals surface area contributed by atoms with Gasteiger partial charge in [-0.15, -0.1) is 0 Å². The van der Waals surface area contributed by atoms with Crippen LogP contribution in [0.3, 0.4) is 0 Å². The van der Waals surface area contributed by atoms with Gasteiger partial charge < -0.3 is 20.5 Å². The Kier molecular flexibility index (Phi) is 16.2. The second-order valence-electron chi connectivity index (χ2n) is 9.56. The maximum atomic E-state index is 12.8. The van der Waals surface area contributed by atoms with Gasteiger partial charge in [0, 0.05) is 19.8 Å². The standard InChI is InChI=1S/C28H46N2O6/c1-4-6-8-10-11-12-13-14-15-17-22(35-28(34)24(20-26(29)32)30-21(3)31)19-25-23(27(33)36-25)18-16-9-7-5-2/h11-12,14-15,22-25H,4-10,13,16-20H2,1-3H3,(H2,29,32)(H,30,31)/b12-11+,15-14+. The lowest BCUT2D eigenvalue weighted by Gasteiger charge is -2.37. The van der Waals surface area contributed by atoms with E-state index in [-0.39, 0.29) is 24.4 Å². The Labute approximate surface area is 216 Å². The Bertz CT molecular complexity index is 732. The minimum atomic E-state index is -1.15. The van der Waals surface area contributed by atoms with Gasteiger partial charge in [0.15, 0.2) is 0 Å². The lowest BCUT2D eigenvalue weighted by molar-refractivity contribution is -0.190. The van der Waals surface area contributed by atoms with Gasteiger partial charge in [-0.25, -0.2) is 4.79 Å². The molecule has 36 heavy (non-hydrogen) atoms. The predicted molar refractivity (Wildman–Crippen MR) is 140 cm³/mol. The smallest absolute Gasteiger partial charge is 0.329 e. The normalized spacial score (nSPS) is 19.0. The molecule has 1 rings (SSSR count). The van der Waals surface area contributed by atoms with Crippen molar-refractivity contribution in [3.05, 3.63) is 24.3 Å². The van der Waals surface area contributed by atoms with Crippen molar-refractivity contribution >= 4 is 23.8 Å². The number of nitrogens with one attached hydrogen (secondary N) is 1. The summed E-state index contributed by atoms with van der Waals surface area (Å²) < 4.78 is 11.1. The van der Waals surface area contributed by atoms with Gasteiger partial charge in [0.2, 0.25) is 11.8 Å². The third kappa shape index (κ3) is 13.4. The second-order valence-corrected chi connectivity index (χ2v) is 9.56. The number of allylic oxidation sites excluding steroid dienone is 3. The molecule has 0 aromatic carbocycles. The minimum Gasteiger partial charge on any atom is -0.461 e. The van der Waals surface area contributed by atoms with Gasteiger partial charge in [0.1, 0.15) is 18.2 Å². The lowest BCUT2D eigenvalue weighted by Crippen LogP contribution is -2.48. The van der Waals surface area contributed by atoms with E-state index in [9.17, 15) is 19.2 Å². The van der Waals surface area contributed by atoms with Crippen LogP contribution in [0.2, 0.25) is 0 Å². The van der Waals surface area contributed by atoms with Gasteiger partial charge in [0.25, 0.3) is 0 Å². The Morgan fingerprint density at radius 3 is 2.36 bits per heavy atom. The van der Waals surface area contributed by atoms with Crippen molar-refractivity contribution in [2.24, 2.45) is 11.7 Å². The fraction of sp³-hybridized carbons (Fsp3) is 0.714. The Balaban J connectivity index is 2.75. The third-order valence-electron chi connectivity index (χ3n) is 6.21. The first kappa shape index (κ1) is 31.4. The monoisotopic (exact) mass is 506 g/mol. The fourth-order valence-corrected chi connectivity index (χ4v) is 4.19. The maximum absolute atomic E-state index is 12.8. The molecule has 0 radical (unpaired) electrons. The summed E-state index contributed by atoms with van der Waals surface area (Å²) in [5.41, 5.74) is 5.24. The van der Waals surface area contributed by atoms with Crippen molar-refractivity contribution in [3.63, 3.8) is 0 Å². The number of nitrogens with two attached hydrogens (primary N) is 1. The van der Waals surface area contributed by atoms with Gasteiger partial charge in [0.05, 0.1) is 12.3 Å². The highest BCUT2D eigenvalue weighted by Gasteiger charge is 2.43. The molecule has 0 saturated carbocycles. The van der Waals surface area contributed by atoms with Crippen LogP contribution in [-0.2, 0) is 28.7 Å². The number of hydrogen-bond acceptors (Lipinski definition) is 6. The number of hydrogen-bond donors (Lipinski definition) is 2. The van der Waals surface area contributed by atoms with Crippen LogP contribution in [0.5, 0.6) is 0 Å². The number of cyclic esters (lactones) is 1. The molecule has 0 spiro atoms. The van der Waals surface area contributed by atoms with E-state index in [0.29, 0.717) is 12.8 Å². The summed E-state index contributed by atoms with van der Waals surface area (Å²) in [4.78, 5) is 47.7. The quantitative estimate of drug-likeness (QED) is 0.141. The second kappa shape index (κ2) is 18.6. The molecular weight excluding hydrogens is 460 g/mol. The van der Waals surface area contributed by atoms with Crippen molar-refractivity contribution in [2.75, 3.05) is 0 Å². The van der Waals surface area contributed by atoms with Crippen molar-refractivity contribution in [1.29, 1.82) is 0 Å². The molecule has 0 aromatic heterocycles. The number of esters is 2. The van der Waals surface area contributed by atoms with E-state index in [2.05, 4.69) is 31.3 Å². The van der Waals surface area contributed by atoms with Crippen LogP contribution in [-0.4, -0.2) is 42.0 Å². The van der Waals surface area contributed by atoms with Crippen LogP contribution >= 0.6 is 0 Å². The maximum Gasteiger partial charge on any atom is 0.329 e. The number of rotatable bonds is 20. The highest BCUT2D eigenvalue weighted by Crippen LogP contribution is 2.32. The van der Waals surface area contributed by atoms with E-state index < -0.39 is 29.9 Å². The van der Waals surface area contributed by atoms with E-state index in [1.807, 2.05) is 12.2 Å². The summed E-state index contributed by atoms with van der Waals surface area (Å²) in [6.07, 6.45) is 18.4. The highest BCUT2D eigenvalue weighted by atomic mass is 16.6. The fourth-order valence-electron chi connectivity index (χ4n) is 4.19. The first-order valence-electron chi connectivity index (χ1n) is 13.5. The third-order valence-corrected chi connectivity index (χ3v) is 6.21. The number of carbonyl (C=O) groups excluding carboxylic acids is 4. The molecule has 1 fully saturated rings. The van der Waals surface area contributed by atoms with Crippen LogP contribution in [0.4, 0.5) is 0 Å². The van der Waals surface area contributed by atoms with Crippen LogP contribution in [0.1, 0.15) is 104 Å². The first-order chi connectivity index (χ1) is 17.3. The Morgan fingerprint density at radius 2 is 1.72 bits per heavy atom. The summed E-state index contributed by atoms with van der Waals surface area (Å²) >= 11 is 0. The zero-order valence-electron chi connectivity index (χ0n) is 22.3. The van der Waals surface area contributed by atoms with Gasteiger partial charge in [-0.2, -0.15) is 0 Å². The van der Waals surface area contributed by atoms with Gasteiger partial charge in [-0.3, -0.25) is 14.4 Å². The average Bonchev–Trinajstić information content (AvgIpc) is 2.81. The topological polar surface area (TPSA) is 125 Å². The summed E-state index contributed by atoms with van der Waals surface area (Å²) in [6, 6.07) is -1.15. The average molecular weight is 507 g/mol. The van der Waals surface area contributed by atoms with E-state index in [1.54, 1.807) is 0 Å². The predicted octanol–water partition coefficient (Wildman–Crippen LogP) is 4.65. The molecule has 4 unspecified atom stereocenters. The molecule has 8 nitrogen and oxygen atoms in total. The first-order valence-corrected chi connectivity index (χ1v) is 13.5. The van der Waals surface area contributed by atoms with E-state index in [0.717, 1.165) is 44.9 Å². The molecule has 0 bridgehead atoms. The van der Waals surface area contributed by atoms with Gasteiger partial charge in [-0.05, 0) is 25.7 Å². The molecule has 0 aromatic rings. The highest BCUT2D eigenvalue weighted by molar-refractivity contribution is 5.88. The molecule has 1 aliphatic rings. The van der Waals surface area contributed by atoms with Crippen LogP contribution < -0.4 is 11.1 Å². The molecule has 4 atom stereocenters. The van der Waals surface area contributed by atoms with Gasteiger partial charge >= 0.3 is 11.9 Å². The number of amides is 2. The van der Waals surface area contributed by atoms with Crippen molar-refractivity contribution in [1.82, 2.24) is 5.32 Å². The number of ether oxygens (including phenoxy) is 2. The summed E-state index contributed by atoms with van der Waals surface area (Å²) in [6.45, 7) is 5.58. The molecule has 1 heterocycles. The van der Waals surface area contributed by atoms with E-state index in [4.69, 9.17) is 15.2 Å². The summed E-state index contributed by atoms with van der Waals surface area (Å²) in [5, 5.41) is 2.43. The Hall–Kier alpha value is -2.64. The summed E-state index contributed by atoms with van der Waals surface area (Å²) in [7, 11) is 0. The van der Waals surface area contributed by atoms with Crippen molar-refractivity contribution in [3.8, 4) is 0 Å². The largest absolute Gasteiger partial charge is 0.461 e. The number of carbonyl (C=O) groups is 4. The van der Waals surface area contributed by atoms with E-state index in [1.165, 1.54) is 26.2 Å². The number of primary amides is 1. The Morgan fingerprint density at radius 1 is 1.03 bits per heavy atom. The number of unbranched alkanes of at least 4 members (excludes halogenated alkanes) is 6. The van der Waals surface area contributed by atoms with Gasteiger partial charge in [-0.1, -0.05) is 76.7 Å².